The van der Waals surface area contributed by atoms with Gasteiger partial charge in [0.05, 0.1) is 13.2 Å². The van der Waals surface area contributed by atoms with Crippen LogP contribution in [0.15, 0.2) is 24.3 Å². The number of carbonyl (C=O) groups excluding carboxylic acids is 1. The fourth-order valence-electron chi connectivity index (χ4n) is 1.29. The highest BCUT2D eigenvalue weighted by molar-refractivity contribution is 5.94. The van der Waals surface area contributed by atoms with Crippen molar-refractivity contribution >= 4 is 5.91 Å². The van der Waals surface area contributed by atoms with Gasteiger partial charge in [-0.1, -0.05) is 6.92 Å². The van der Waals surface area contributed by atoms with Crippen LogP contribution in [0.2, 0.25) is 0 Å². The van der Waals surface area contributed by atoms with E-state index >= 15 is 0 Å². The van der Waals surface area contributed by atoms with Crippen molar-refractivity contribution in [1.82, 2.24) is 5.32 Å². The summed E-state index contributed by atoms with van der Waals surface area (Å²) in [6.45, 7) is 0.366. The van der Waals surface area contributed by atoms with Gasteiger partial charge in [-0.3, -0.25) is 4.79 Å². The van der Waals surface area contributed by atoms with E-state index in [1.54, 1.807) is 12.1 Å². The molecule has 0 saturated carbocycles. The van der Waals surface area contributed by atoms with Gasteiger partial charge in [0.2, 0.25) is 0 Å². The molecule has 0 bridgehead atoms. The van der Waals surface area contributed by atoms with E-state index in [0.717, 1.165) is 6.42 Å². The highest BCUT2D eigenvalue weighted by atomic mass is 19.3. The van der Waals surface area contributed by atoms with Crippen LogP contribution in [-0.4, -0.2) is 36.7 Å². The minimum Gasteiger partial charge on any atom is -0.494 e. The zero-order valence-corrected chi connectivity index (χ0v) is 10.7. The minimum atomic E-state index is -3.31. The average molecular weight is 273 g/mol. The van der Waals surface area contributed by atoms with Gasteiger partial charge in [-0.15, -0.1) is 0 Å². The molecule has 4 nitrogen and oxygen atoms in total. The van der Waals surface area contributed by atoms with Crippen molar-refractivity contribution in [2.75, 3.05) is 19.8 Å². The summed E-state index contributed by atoms with van der Waals surface area (Å²) in [5.74, 6) is -3.30. The number of rotatable bonds is 7. The molecule has 0 unspecified atom stereocenters. The lowest BCUT2D eigenvalue weighted by molar-refractivity contribution is -0.0462. The maximum Gasteiger partial charge on any atom is 0.287 e. The summed E-state index contributed by atoms with van der Waals surface area (Å²) < 4.78 is 30.8. The highest BCUT2D eigenvalue weighted by Crippen LogP contribution is 2.13. The quantitative estimate of drug-likeness (QED) is 0.797. The molecule has 106 valence electrons. The van der Waals surface area contributed by atoms with Crippen molar-refractivity contribution in [2.24, 2.45) is 0 Å². The summed E-state index contributed by atoms with van der Waals surface area (Å²) in [5.41, 5.74) is 0.262. The second-order valence-electron chi connectivity index (χ2n) is 4.07. The molecule has 1 aromatic rings. The van der Waals surface area contributed by atoms with Crippen molar-refractivity contribution < 1.29 is 23.4 Å². The summed E-state index contributed by atoms with van der Waals surface area (Å²) in [6, 6.07) is 6.21. The van der Waals surface area contributed by atoms with Crippen LogP contribution in [0, 0.1) is 0 Å². The molecule has 0 radical (unpaired) electrons. The number of amides is 1. The highest BCUT2D eigenvalue weighted by Gasteiger charge is 2.28. The Balaban J connectivity index is 2.53. The van der Waals surface area contributed by atoms with Gasteiger partial charge >= 0.3 is 0 Å². The zero-order valence-electron chi connectivity index (χ0n) is 10.7. The Labute approximate surface area is 110 Å². The molecule has 0 heterocycles. The third kappa shape index (κ3) is 5.21. The van der Waals surface area contributed by atoms with Crippen LogP contribution in [0.4, 0.5) is 8.78 Å². The number of nitrogens with one attached hydrogen (secondary N) is 1. The lowest BCUT2D eigenvalue weighted by Crippen LogP contribution is -2.38. The lowest BCUT2D eigenvalue weighted by Gasteiger charge is -2.14. The standard InChI is InChI=1S/C13H17F2NO3/c1-2-7-19-11-5-3-10(4-6-11)12(18)16-8-13(14,15)9-17/h3-6,17H,2,7-9H2,1H3,(H,16,18). The topological polar surface area (TPSA) is 58.6 Å². The van der Waals surface area contributed by atoms with Crippen LogP contribution in [0.1, 0.15) is 23.7 Å². The number of benzene rings is 1. The fraction of sp³-hybridized carbons (Fsp3) is 0.462. The van der Waals surface area contributed by atoms with E-state index in [1.165, 1.54) is 12.1 Å². The first-order valence-electron chi connectivity index (χ1n) is 5.98. The lowest BCUT2D eigenvalue weighted by atomic mass is 10.2. The average Bonchev–Trinajstić information content (AvgIpc) is 2.43. The van der Waals surface area contributed by atoms with Crippen LogP contribution in [-0.2, 0) is 0 Å². The van der Waals surface area contributed by atoms with Crippen molar-refractivity contribution in [2.45, 2.75) is 19.3 Å². The van der Waals surface area contributed by atoms with Crippen LogP contribution in [0.5, 0.6) is 5.75 Å². The van der Waals surface area contributed by atoms with Crippen molar-refractivity contribution in [3.63, 3.8) is 0 Å². The Kier molecular flexibility index (Phi) is 5.69. The van der Waals surface area contributed by atoms with Gasteiger partial charge in [0, 0.05) is 5.56 Å². The molecule has 0 spiro atoms. The summed E-state index contributed by atoms with van der Waals surface area (Å²) in [7, 11) is 0. The van der Waals surface area contributed by atoms with Crippen molar-refractivity contribution in [1.29, 1.82) is 0 Å². The maximum absolute atomic E-state index is 12.7. The summed E-state index contributed by atoms with van der Waals surface area (Å²) in [4.78, 5) is 11.6. The van der Waals surface area contributed by atoms with E-state index in [-0.39, 0.29) is 5.56 Å². The van der Waals surface area contributed by atoms with Gasteiger partial charge in [0.1, 0.15) is 12.4 Å². The Morgan fingerprint density at radius 2 is 2.00 bits per heavy atom. The Hall–Kier alpha value is -1.69. The molecule has 0 aromatic heterocycles. The molecule has 6 heteroatoms. The van der Waals surface area contributed by atoms with E-state index in [0.29, 0.717) is 12.4 Å². The van der Waals surface area contributed by atoms with Crippen LogP contribution in [0.3, 0.4) is 0 Å². The second kappa shape index (κ2) is 7.04. The fourth-order valence-corrected chi connectivity index (χ4v) is 1.29. The number of carbonyl (C=O) groups is 1. The Morgan fingerprint density at radius 3 is 2.53 bits per heavy atom. The number of halogens is 2. The van der Waals surface area contributed by atoms with Gasteiger partial charge in [-0.2, -0.15) is 0 Å². The number of ether oxygens (including phenoxy) is 1. The molecule has 0 fully saturated rings. The molecular weight excluding hydrogens is 256 g/mol. The first-order chi connectivity index (χ1) is 8.98. The molecule has 0 atom stereocenters. The molecule has 0 aliphatic rings. The molecule has 0 saturated heterocycles. The first-order valence-corrected chi connectivity index (χ1v) is 5.98. The van der Waals surface area contributed by atoms with Gasteiger partial charge in [0.15, 0.2) is 0 Å². The molecule has 0 aliphatic carbocycles. The number of aliphatic hydroxyl groups excluding tert-OH is 1. The summed E-state index contributed by atoms with van der Waals surface area (Å²) >= 11 is 0. The van der Waals surface area contributed by atoms with E-state index in [9.17, 15) is 13.6 Å². The number of hydrogen-bond acceptors (Lipinski definition) is 3. The minimum absolute atomic E-state index is 0.262. The second-order valence-corrected chi connectivity index (χ2v) is 4.07. The van der Waals surface area contributed by atoms with Crippen LogP contribution in [0.25, 0.3) is 0 Å². The predicted octanol–water partition coefficient (Wildman–Crippen LogP) is 1.83. The number of alkyl halides is 2. The maximum atomic E-state index is 12.7. The predicted molar refractivity (Wildman–Crippen MR) is 66.6 cm³/mol. The molecule has 1 aromatic carbocycles. The molecule has 2 N–H and O–H groups in total. The number of hydrogen-bond donors (Lipinski definition) is 2. The largest absolute Gasteiger partial charge is 0.494 e. The Morgan fingerprint density at radius 1 is 1.37 bits per heavy atom. The monoisotopic (exact) mass is 273 g/mol. The van der Waals surface area contributed by atoms with Gasteiger partial charge in [0.25, 0.3) is 11.8 Å². The first kappa shape index (κ1) is 15.4. The third-order valence-corrected chi connectivity index (χ3v) is 2.33. The van der Waals surface area contributed by atoms with Gasteiger partial charge in [-0.05, 0) is 30.7 Å². The summed E-state index contributed by atoms with van der Waals surface area (Å²) in [6.07, 6.45) is 0.873. The molecule has 0 aliphatic heterocycles. The normalized spacial score (nSPS) is 11.2. The van der Waals surface area contributed by atoms with Gasteiger partial charge < -0.3 is 15.2 Å². The van der Waals surface area contributed by atoms with E-state index < -0.39 is 25.0 Å². The molecule has 1 rings (SSSR count). The zero-order chi connectivity index (χ0) is 14.3. The Bertz CT molecular complexity index is 407. The van der Waals surface area contributed by atoms with E-state index in [4.69, 9.17) is 9.84 Å². The molecule has 1 amide bonds. The van der Waals surface area contributed by atoms with E-state index in [2.05, 4.69) is 5.32 Å². The number of aliphatic hydroxyl groups is 1. The van der Waals surface area contributed by atoms with Crippen molar-refractivity contribution in [3.05, 3.63) is 29.8 Å². The van der Waals surface area contributed by atoms with Gasteiger partial charge in [-0.25, -0.2) is 8.78 Å². The molecular formula is C13H17F2NO3. The van der Waals surface area contributed by atoms with Crippen molar-refractivity contribution in [3.8, 4) is 5.75 Å². The molecule has 19 heavy (non-hydrogen) atoms. The van der Waals surface area contributed by atoms with Crippen LogP contribution >= 0.6 is 0 Å². The van der Waals surface area contributed by atoms with E-state index in [1.807, 2.05) is 6.92 Å². The third-order valence-electron chi connectivity index (χ3n) is 2.33. The van der Waals surface area contributed by atoms with Crippen LogP contribution < -0.4 is 10.1 Å². The smallest absolute Gasteiger partial charge is 0.287 e. The summed E-state index contributed by atoms with van der Waals surface area (Å²) in [5, 5.41) is 10.4. The SMILES string of the molecule is CCCOc1ccc(C(=O)NCC(F)(F)CO)cc1.